The largest absolute Gasteiger partial charge is 0.465 e. The molecular formula is C27H34O6. The van der Waals surface area contributed by atoms with Crippen LogP contribution in [0.15, 0.2) is 54.6 Å². The van der Waals surface area contributed by atoms with Gasteiger partial charge in [-0.05, 0) is 35.7 Å². The van der Waals surface area contributed by atoms with Crippen LogP contribution in [0.4, 0.5) is 0 Å². The first-order valence-electron chi connectivity index (χ1n) is 11.2. The Balaban J connectivity index is 2.00. The highest BCUT2D eigenvalue weighted by Gasteiger charge is 2.37. The molecule has 1 atom stereocenters. The third kappa shape index (κ3) is 7.74. The molecule has 6 heteroatoms. The third-order valence-corrected chi connectivity index (χ3v) is 5.24. The predicted octanol–water partition coefficient (Wildman–Crippen LogP) is 5.45. The minimum Gasteiger partial charge on any atom is -0.465 e. The van der Waals surface area contributed by atoms with Crippen LogP contribution in [0.3, 0.4) is 0 Å². The third-order valence-electron chi connectivity index (χ3n) is 5.24. The van der Waals surface area contributed by atoms with Crippen LogP contribution in [0, 0.1) is 17.3 Å². The zero-order chi connectivity index (χ0) is 24.6. The Bertz CT molecular complexity index is 929. The van der Waals surface area contributed by atoms with Crippen molar-refractivity contribution in [3.63, 3.8) is 0 Å². The van der Waals surface area contributed by atoms with Crippen LogP contribution in [0.5, 0.6) is 0 Å². The van der Waals surface area contributed by atoms with E-state index < -0.39 is 23.5 Å². The van der Waals surface area contributed by atoms with Crippen LogP contribution in [0.25, 0.3) is 0 Å². The van der Waals surface area contributed by atoms with Gasteiger partial charge in [0.1, 0.15) is 12.7 Å². The average molecular weight is 455 g/mol. The highest BCUT2D eigenvalue weighted by molar-refractivity contribution is 5.93. The molecule has 2 aromatic rings. The minimum absolute atomic E-state index is 0.00828. The second-order valence-corrected chi connectivity index (χ2v) is 9.46. The lowest BCUT2D eigenvalue weighted by molar-refractivity contribution is -0.153. The Morgan fingerprint density at radius 1 is 0.788 bits per heavy atom. The molecule has 2 aromatic carbocycles. The smallest absolute Gasteiger partial charge is 0.338 e. The van der Waals surface area contributed by atoms with Gasteiger partial charge < -0.3 is 14.2 Å². The van der Waals surface area contributed by atoms with E-state index in [-0.39, 0.29) is 31.0 Å². The SMILES string of the molecule is CC(C)C(=O)OCC(C)(C)C(OC(=O)c1ccc(C(=O)OCc2ccccc2)cc1)C(C)C. The number of hydrogen-bond donors (Lipinski definition) is 0. The Morgan fingerprint density at radius 3 is 1.85 bits per heavy atom. The maximum atomic E-state index is 12.8. The van der Waals surface area contributed by atoms with E-state index in [0.717, 1.165) is 5.56 Å². The quantitative estimate of drug-likeness (QED) is 0.351. The lowest BCUT2D eigenvalue weighted by Crippen LogP contribution is -2.42. The molecule has 0 amide bonds. The fraction of sp³-hybridized carbons (Fsp3) is 0.444. The number of rotatable bonds is 10. The summed E-state index contributed by atoms with van der Waals surface area (Å²) in [6.07, 6.45) is -0.472. The molecule has 6 nitrogen and oxygen atoms in total. The molecule has 0 aromatic heterocycles. The summed E-state index contributed by atoms with van der Waals surface area (Å²) in [6, 6.07) is 15.6. The molecule has 0 bridgehead atoms. The number of carbonyl (C=O) groups excluding carboxylic acids is 3. The van der Waals surface area contributed by atoms with E-state index >= 15 is 0 Å². The normalized spacial score (nSPS) is 12.4. The number of hydrogen-bond acceptors (Lipinski definition) is 6. The van der Waals surface area contributed by atoms with Gasteiger partial charge in [0.15, 0.2) is 0 Å². The summed E-state index contributed by atoms with van der Waals surface area (Å²) in [5.74, 6) is -1.47. The highest BCUT2D eigenvalue weighted by Crippen LogP contribution is 2.30. The van der Waals surface area contributed by atoms with Gasteiger partial charge >= 0.3 is 17.9 Å². The minimum atomic E-state index is -0.574. The monoisotopic (exact) mass is 454 g/mol. The second kappa shape index (κ2) is 11.6. The predicted molar refractivity (Wildman–Crippen MR) is 126 cm³/mol. The van der Waals surface area contributed by atoms with Crippen LogP contribution in [0.2, 0.25) is 0 Å². The van der Waals surface area contributed by atoms with E-state index in [9.17, 15) is 14.4 Å². The first kappa shape index (κ1) is 26.1. The molecule has 178 valence electrons. The number of benzene rings is 2. The van der Waals surface area contributed by atoms with Crippen LogP contribution in [0.1, 0.15) is 67.8 Å². The molecule has 0 spiro atoms. The molecular weight excluding hydrogens is 420 g/mol. The molecule has 0 aliphatic heterocycles. The topological polar surface area (TPSA) is 78.9 Å². The van der Waals surface area contributed by atoms with E-state index in [1.54, 1.807) is 38.1 Å². The molecule has 2 rings (SSSR count). The fourth-order valence-corrected chi connectivity index (χ4v) is 3.44. The molecule has 33 heavy (non-hydrogen) atoms. The van der Waals surface area contributed by atoms with Crippen LogP contribution >= 0.6 is 0 Å². The molecule has 0 radical (unpaired) electrons. The van der Waals surface area contributed by atoms with Gasteiger partial charge in [0.05, 0.1) is 23.7 Å². The van der Waals surface area contributed by atoms with Crippen molar-refractivity contribution in [2.24, 2.45) is 17.3 Å². The molecule has 0 fully saturated rings. The van der Waals surface area contributed by atoms with Gasteiger partial charge in [0.2, 0.25) is 0 Å². The van der Waals surface area contributed by atoms with E-state index in [1.165, 1.54) is 0 Å². The maximum Gasteiger partial charge on any atom is 0.338 e. The zero-order valence-electron chi connectivity index (χ0n) is 20.3. The van der Waals surface area contributed by atoms with Crippen molar-refractivity contribution < 1.29 is 28.6 Å². The summed E-state index contributed by atoms with van der Waals surface area (Å²) in [7, 11) is 0. The molecule has 0 aliphatic rings. The van der Waals surface area contributed by atoms with Gasteiger partial charge in [-0.3, -0.25) is 4.79 Å². The van der Waals surface area contributed by atoms with Crippen LogP contribution < -0.4 is 0 Å². The highest BCUT2D eigenvalue weighted by atomic mass is 16.6. The Morgan fingerprint density at radius 2 is 1.33 bits per heavy atom. The number of ether oxygens (including phenoxy) is 3. The van der Waals surface area contributed by atoms with Gasteiger partial charge in [-0.25, -0.2) is 9.59 Å². The molecule has 0 heterocycles. The van der Waals surface area contributed by atoms with Gasteiger partial charge in [-0.1, -0.05) is 71.9 Å². The van der Waals surface area contributed by atoms with Gasteiger partial charge in [-0.2, -0.15) is 0 Å². The summed E-state index contributed by atoms with van der Waals surface area (Å²) in [6.45, 7) is 11.6. The number of carbonyl (C=O) groups is 3. The van der Waals surface area contributed by atoms with Crippen LogP contribution in [-0.4, -0.2) is 30.6 Å². The van der Waals surface area contributed by atoms with E-state index in [4.69, 9.17) is 14.2 Å². The molecule has 1 unspecified atom stereocenters. The molecule has 0 N–H and O–H groups in total. The number of esters is 3. The average Bonchev–Trinajstić information content (AvgIpc) is 2.79. The summed E-state index contributed by atoms with van der Waals surface area (Å²) < 4.78 is 16.5. The van der Waals surface area contributed by atoms with Crippen molar-refractivity contribution >= 4 is 17.9 Å². The second-order valence-electron chi connectivity index (χ2n) is 9.46. The Hall–Kier alpha value is -3.15. The standard InChI is InChI=1S/C27H34O6/c1-18(2)23(27(5,6)17-32-24(28)19(3)4)33-26(30)22-14-12-21(13-15-22)25(29)31-16-20-10-8-7-9-11-20/h7-15,18-19,23H,16-17H2,1-6H3. The summed E-state index contributed by atoms with van der Waals surface area (Å²) in [5, 5.41) is 0. The van der Waals surface area contributed by atoms with E-state index in [1.807, 2.05) is 58.0 Å². The van der Waals surface area contributed by atoms with Gasteiger partial charge in [0.25, 0.3) is 0 Å². The Labute approximate surface area is 196 Å². The summed E-state index contributed by atoms with van der Waals surface area (Å²) >= 11 is 0. The van der Waals surface area contributed by atoms with Gasteiger partial charge in [-0.15, -0.1) is 0 Å². The maximum absolute atomic E-state index is 12.8. The fourth-order valence-electron chi connectivity index (χ4n) is 3.44. The van der Waals surface area contributed by atoms with Crippen molar-refractivity contribution in [3.05, 3.63) is 71.3 Å². The summed E-state index contributed by atoms with van der Waals surface area (Å²) in [5.41, 5.74) is 1.00. The van der Waals surface area contributed by atoms with Gasteiger partial charge in [0, 0.05) is 5.41 Å². The van der Waals surface area contributed by atoms with Crippen molar-refractivity contribution in [1.29, 1.82) is 0 Å². The first-order valence-corrected chi connectivity index (χ1v) is 11.2. The summed E-state index contributed by atoms with van der Waals surface area (Å²) in [4.78, 5) is 37.0. The van der Waals surface area contributed by atoms with Crippen molar-refractivity contribution in [3.8, 4) is 0 Å². The van der Waals surface area contributed by atoms with Crippen molar-refractivity contribution in [2.75, 3.05) is 6.61 Å². The zero-order valence-corrected chi connectivity index (χ0v) is 20.3. The molecule has 0 saturated heterocycles. The Kier molecular flexibility index (Phi) is 9.21. The van der Waals surface area contributed by atoms with E-state index in [0.29, 0.717) is 11.1 Å². The lowest BCUT2D eigenvalue weighted by Gasteiger charge is -2.36. The van der Waals surface area contributed by atoms with Crippen molar-refractivity contribution in [2.45, 2.75) is 54.3 Å². The first-order chi connectivity index (χ1) is 15.5. The van der Waals surface area contributed by atoms with Crippen molar-refractivity contribution in [1.82, 2.24) is 0 Å². The lowest BCUT2D eigenvalue weighted by atomic mass is 9.81. The molecule has 0 saturated carbocycles. The van der Waals surface area contributed by atoms with Crippen LogP contribution in [-0.2, 0) is 25.6 Å². The molecule has 0 aliphatic carbocycles. The van der Waals surface area contributed by atoms with E-state index in [2.05, 4.69) is 0 Å².